The van der Waals surface area contributed by atoms with Gasteiger partial charge in [0.05, 0.1) is 11.1 Å². The lowest BCUT2D eigenvalue weighted by Gasteiger charge is -2.18. The second-order valence-electron chi connectivity index (χ2n) is 6.31. The Morgan fingerprint density at radius 2 is 2.08 bits per heavy atom. The molecule has 0 spiro atoms. The molecule has 5 nitrogen and oxygen atoms in total. The summed E-state index contributed by atoms with van der Waals surface area (Å²) < 4.78 is 0.837. The van der Waals surface area contributed by atoms with E-state index < -0.39 is 5.91 Å². The van der Waals surface area contributed by atoms with Gasteiger partial charge in [-0.3, -0.25) is 14.9 Å². The Kier molecular flexibility index (Phi) is 5.93. The molecule has 1 aliphatic carbocycles. The molecule has 0 aliphatic heterocycles. The topological polar surface area (TPSA) is 84.2 Å². The van der Waals surface area contributed by atoms with Crippen LogP contribution in [0.3, 0.4) is 0 Å². The summed E-state index contributed by atoms with van der Waals surface area (Å²) in [5.74, 6) is -0.170. The number of amides is 2. The summed E-state index contributed by atoms with van der Waals surface area (Å²) in [4.78, 5) is 25.5. The van der Waals surface area contributed by atoms with E-state index >= 15 is 0 Å². The van der Waals surface area contributed by atoms with E-state index in [9.17, 15) is 9.59 Å². The van der Waals surface area contributed by atoms with Crippen LogP contribution < -0.4 is 16.4 Å². The van der Waals surface area contributed by atoms with Gasteiger partial charge in [0.1, 0.15) is 5.00 Å². The summed E-state index contributed by atoms with van der Waals surface area (Å²) in [6.45, 7) is 2.20. The number of nitrogens with one attached hydrogen (secondary N) is 2. The SMILES string of the molecule is C[C@H]1CCc2c(sc(NC(=S)NC(=O)c3ccccc3I)c2C(N)=O)C1. The number of thiocarbonyl (C=S) groups is 1. The lowest BCUT2D eigenvalue weighted by molar-refractivity contribution is 0.0974. The zero-order chi connectivity index (χ0) is 18.8. The van der Waals surface area contributed by atoms with Crippen molar-refractivity contribution in [3.05, 3.63) is 49.4 Å². The van der Waals surface area contributed by atoms with Crippen LogP contribution in [0.25, 0.3) is 0 Å². The third-order valence-electron chi connectivity index (χ3n) is 4.33. The number of carbonyl (C=O) groups excluding carboxylic acids is 2. The summed E-state index contributed by atoms with van der Waals surface area (Å²) >= 11 is 8.87. The van der Waals surface area contributed by atoms with Crippen molar-refractivity contribution in [1.29, 1.82) is 0 Å². The second-order valence-corrected chi connectivity index (χ2v) is 8.98. The monoisotopic (exact) mass is 499 g/mol. The molecule has 0 saturated heterocycles. The van der Waals surface area contributed by atoms with Crippen molar-refractivity contribution in [2.75, 3.05) is 5.32 Å². The molecule has 26 heavy (non-hydrogen) atoms. The van der Waals surface area contributed by atoms with Gasteiger partial charge >= 0.3 is 0 Å². The number of rotatable bonds is 3. The highest BCUT2D eigenvalue weighted by molar-refractivity contribution is 14.1. The van der Waals surface area contributed by atoms with Crippen LogP contribution in [0, 0.1) is 9.49 Å². The van der Waals surface area contributed by atoms with Gasteiger partial charge in [0.15, 0.2) is 5.11 Å². The quantitative estimate of drug-likeness (QED) is 0.444. The van der Waals surface area contributed by atoms with Crippen LogP contribution in [0.4, 0.5) is 5.00 Å². The summed E-state index contributed by atoms with van der Waals surface area (Å²) in [5, 5.41) is 6.44. The van der Waals surface area contributed by atoms with Gasteiger partial charge < -0.3 is 11.1 Å². The number of thiophene rings is 1. The Hall–Kier alpha value is -1.52. The van der Waals surface area contributed by atoms with Crippen LogP contribution in [-0.4, -0.2) is 16.9 Å². The highest BCUT2D eigenvalue weighted by atomic mass is 127. The fourth-order valence-corrected chi connectivity index (χ4v) is 5.36. The van der Waals surface area contributed by atoms with Gasteiger partial charge in [0.25, 0.3) is 11.8 Å². The maximum absolute atomic E-state index is 12.4. The van der Waals surface area contributed by atoms with Crippen molar-refractivity contribution in [2.24, 2.45) is 11.7 Å². The van der Waals surface area contributed by atoms with E-state index in [0.717, 1.165) is 28.4 Å². The van der Waals surface area contributed by atoms with Gasteiger partial charge in [0.2, 0.25) is 0 Å². The first-order valence-corrected chi connectivity index (χ1v) is 10.5. The Bertz CT molecular complexity index is 895. The molecule has 1 atom stereocenters. The van der Waals surface area contributed by atoms with E-state index in [-0.39, 0.29) is 11.0 Å². The first-order valence-electron chi connectivity index (χ1n) is 8.18. The fraction of sp³-hybridized carbons (Fsp3) is 0.278. The molecule has 8 heteroatoms. The lowest BCUT2D eigenvalue weighted by Crippen LogP contribution is -2.34. The van der Waals surface area contributed by atoms with Crippen molar-refractivity contribution in [2.45, 2.75) is 26.2 Å². The number of benzene rings is 1. The standard InChI is InChI=1S/C18H18IN3O2S2/c1-9-6-7-11-13(8-9)26-17(14(11)15(20)23)22-18(25)21-16(24)10-4-2-3-5-12(10)19/h2-5,9H,6-8H2,1H3,(H2,20,23)(H2,21,22,24,25)/t9-/m0/s1. The van der Waals surface area contributed by atoms with Crippen LogP contribution in [0.1, 0.15) is 44.5 Å². The molecular weight excluding hydrogens is 481 g/mol. The van der Waals surface area contributed by atoms with Crippen LogP contribution in [0.2, 0.25) is 0 Å². The average Bonchev–Trinajstić information content (AvgIpc) is 2.91. The van der Waals surface area contributed by atoms with Gasteiger partial charge in [-0.1, -0.05) is 19.1 Å². The van der Waals surface area contributed by atoms with Crippen molar-refractivity contribution >= 4 is 68.1 Å². The van der Waals surface area contributed by atoms with Gasteiger partial charge in [-0.05, 0) is 77.7 Å². The highest BCUT2D eigenvalue weighted by Gasteiger charge is 2.27. The molecule has 2 aromatic rings. The largest absolute Gasteiger partial charge is 0.365 e. The molecule has 1 aliphatic rings. The lowest BCUT2D eigenvalue weighted by atomic mass is 9.88. The molecule has 0 radical (unpaired) electrons. The Balaban J connectivity index is 1.78. The van der Waals surface area contributed by atoms with Crippen molar-refractivity contribution < 1.29 is 9.59 Å². The smallest absolute Gasteiger partial charge is 0.258 e. The predicted octanol–water partition coefficient (Wildman–Crippen LogP) is 3.70. The van der Waals surface area contributed by atoms with E-state index in [0.29, 0.717) is 22.0 Å². The molecule has 0 unspecified atom stereocenters. The summed E-state index contributed by atoms with van der Waals surface area (Å²) in [7, 11) is 0. The van der Waals surface area contributed by atoms with Crippen LogP contribution in [0.5, 0.6) is 0 Å². The summed E-state index contributed by atoms with van der Waals surface area (Å²) in [6.07, 6.45) is 2.81. The van der Waals surface area contributed by atoms with Crippen molar-refractivity contribution in [3.63, 3.8) is 0 Å². The Morgan fingerprint density at radius 3 is 2.77 bits per heavy atom. The number of nitrogens with two attached hydrogens (primary N) is 1. The van der Waals surface area contributed by atoms with Crippen LogP contribution in [-0.2, 0) is 12.8 Å². The zero-order valence-corrected chi connectivity index (χ0v) is 17.9. The zero-order valence-electron chi connectivity index (χ0n) is 14.1. The third-order valence-corrected chi connectivity index (χ3v) is 6.65. The predicted molar refractivity (Wildman–Crippen MR) is 117 cm³/mol. The second kappa shape index (κ2) is 8.01. The molecule has 0 fully saturated rings. The first-order chi connectivity index (χ1) is 12.4. The summed E-state index contributed by atoms with van der Waals surface area (Å²) in [6, 6.07) is 7.25. The summed E-state index contributed by atoms with van der Waals surface area (Å²) in [5.41, 5.74) is 7.68. The molecule has 0 bridgehead atoms. The van der Waals surface area contributed by atoms with Gasteiger partial charge in [-0.15, -0.1) is 11.3 Å². The number of anilines is 1. The molecule has 0 saturated carbocycles. The Labute approximate surface area is 174 Å². The normalized spacial score (nSPS) is 15.8. The van der Waals surface area contributed by atoms with Gasteiger partial charge in [-0.25, -0.2) is 0 Å². The number of halogens is 1. The number of primary amides is 1. The maximum Gasteiger partial charge on any atom is 0.258 e. The van der Waals surface area contributed by atoms with Gasteiger partial charge in [-0.2, -0.15) is 0 Å². The molecule has 2 amide bonds. The molecule has 1 heterocycles. The molecule has 4 N–H and O–H groups in total. The minimum atomic E-state index is -0.466. The van der Waals surface area contributed by atoms with E-state index in [4.69, 9.17) is 18.0 Å². The average molecular weight is 499 g/mol. The van der Waals surface area contributed by atoms with Crippen LogP contribution in [0.15, 0.2) is 24.3 Å². The number of carbonyl (C=O) groups is 2. The number of hydrogen-bond donors (Lipinski definition) is 3. The fourth-order valence-electron chi connectivity index (χ4n) is 3.05. The van der Waals surface area contributed by atoms with E-state index in [1.54, 1.807) is 12.1 Å². The van der Waals surface area contributed by atoms with Crippen LogP contribution >= 0.6 is 46.1 Å². The molecule has 3 rings (SSSR count). The Morgan fingerprint density at radius 1 is 1.35 bits per heavy atom. The van der Waals surface area contributed by atoms with Crippen molar-refractivity contribution in [3.8, 4) is 0 Å². The molecular formula is C18H18IN3O2S2. The number of fused-ring (bicyclic) bond motifs is 1. The van der Waals surface area contributed by atoms with E-state index in [1.165, 1.54) is 16.2 Å². The molecule has 136 valence electrons. The maximum atomic E-state index is 12.4. The number of hydrogen-bond acceptors (Lipinski definition) is 4. The third kappa shape index (κ3) is 4.07. The highest BCUT2D eigenvalue weighted by Crippen LogP contribution is 2.39. The first kappa shape index (κ1) is 19.2. The molecule has 1 aromatic carbocycles. The minimum Gasteiger partial charge on any atom is -0.365 e. The van der Waals surface area contributed by atoms with Gasteiger partial charge in [0, 0.05) is 8.45 Å². The van der Waals surface area contributed by atoms with Crippen molar-refractivity contribution in [1.82, 2.24) is 5.32 Å². The molecule has 1 aromatic heterocycles. The van der Waals surface area contributed by atoms with E-state index in [1.807, 2.05) is 12.1 Å². The van der Waals surface area contributed by atoms with E-state index in [2.05, 4.69) is 40.1 Å². The minimum absolute atomic E-state index is 0.156.